The fourth-order valence-corrected chi connectivity index (χ4v) is 5.91. The predicted molar refractivity (Wildman–Crippen MR) is 159 cm³/mol. The summed E-state index contributed by atoms with van der Waals surface area (Å²) in [6.07, 6.45) is 17.3. The molecular weight excluding hydrogens is 470 g/mol. The summed E-state index contributed by atoms with van der Waals surface area (Å²) in [6.45, 7) is 3.44. The summed E-state index contributed by atoms with van der Waals surface area (Å²) in [7, 11) is 1.99. The molecule has 0 radical (unpaired) electrons. The Morgan fingerprint density at radius 3 is 2.16 bits per heavy atom. The van der Waals surface area contributed by atoms with Crippen molar-refractivity contribution in [2.45, 2.75) is 109 Å². The molecule has 3 aromatic rings. The molecule has 0 saturated heterocycles. The van der Waals surface area contributed by atoms with Gasteiger partial charge in [-0.25, -0.2) is 4.79 Å². The Labute approximate surface area is 229 Å². The zero-order chi connectivity index (χ0) is 26.4. The number of nitrogens with zero attached hydrogens (tertiary/aromatic N) is 2. The minimum absolute atomic E-state index is 0.167. The van der Waals surface area contributed by atoms with Crippen LogP contribution in [-0.2, 0) is 30.7 Å². The van der Waals surface area contributed by atoms with Crippen LogP contribution in [0.15, 0.2) is 53.3 Å². The molecule has 38 heavy (non-hydrogen) atoms. The predicted octanol–water partition coefficient (Wildman–Crippen LogP) is 6.89. The molecule has 1 atom stereocenters. The molecule has 0 amide bonds. The molecule has 1 N–H and O–H groups in total. The van der Waals surface area contributed by atoms with Crippen LogP contribution in [0.1, 0.15) is 88.2 Å². The molecule has 0 saturated carbocycles. The van der Waals surface area contributed by atoms with Gasteiger partial charge in [-0.2, -0.15) is 0 Å². The Hall–Kier alpha value is -2.37. The van der Waals surface area contributed by atoms with E-state index in [-0.39, 0.29) is 5.69 Å². The quantitative estimate of drug-likeness (QED) is 0.176. The van der Waals surface area contributed by atoms with Crippen molar-refractivity contribution in [3.05, 3.63) is 70.1 Å². The Morgan fingerprint density at radius 2 is 1.45 bits per heavy atom. The smallest absolute Gasteiger partial charge is 0.329 e. The lowest BCUT2D eigenvalue weighted by atomic mass is 10.0. The van der Waals surface area contributed by atoms with Gasteiger partial charge < -0.3 is 10.1 Å². The van der Waals surface area contributed by atoms with E-state index in [2.05, 4.69) is 53.8 Å². The number of likely N-dealkylation sites (N-methyl/N-ethyl adjacent to an activating group) is 1. The summed E-state index contributed by atoms with van der Waals surface area (Å²) in [4.78, 5) is 13.1. The van der Waals surface area contributed by atoms with Crippen LogP contribution in [-0.4, -0.2) is 35.4 Å². The highest BCUT2D eigenvalue weighted by Gasteiger charge is 2.24. The Morgan fingerprint density at radius 1 is 0.789 bits per heavy atom. The highest BCUT2D eigenvalue weighted by molar-refractivity contribution is 5.80. The summed E-state index contributed by atoms with van der Waals surface area (Å²) < 4.78 is 9.83. The van der Waals surface area contributed by atoms with Crippen molar-refractivity contribution >= 4 is 11.0 Å². The molecule has 2 aromatic carbocycles. The molecule has 1 aliphatic heterocycles. The number of hydrogen-bond donors (Lipinski definition) is 1. The number of hydrogen-bond acceptors (Lipinski definition) is 3. The summed E-state index contributed by atoms with van der Waals surface area (Å²) in [5.74, 6) is 0. The fraction of sp³-hybridized carbons (Fsp3) is 0.606. The highest BCUT2D eigenvalue weighted by atomic mass is 16.5. The molecule has 5 heteroatoms. The van der Waals surface area contributed by atoms with Gasteiger partial charge >= 0.3 is 5.69 Å². The molecule has 0 spiro atoms. The van der Waals surface area contributed by atoms with Gasteiger partial charge in [-0.1, -0.05) is 93.8 Å². The van der Waals surface area contributed by atoms with E-state index < -0.39 is 0 Å². The average molecular weight is 520 g/mol. The Bertz CT molecular complexity index is 1130. The third kappa shape index (κ3) is 8.31. The number of nitrogens with one attached hydrogen (secondary N) is 1. The van der Waals surface area contributed by atoms with Gasteiger partial charge in [0.2, 0.25) is 0 Å². The van der Waals surface area contributed by atoms with E-state index in [0.717, 1.165) is 63.0 Å². The lowest BCUT2D eigenvalue weighted by Crippen LogP contribution is -2.39. The van der Waals surface area contributed by atoms with Crippen LogP contribution in [0.4, 0.5) is 0 Å². The van der Waals surface area contributed by atoms with Crippen molar-refractivity contribution in [3.63, 3.8) is 0 Å². The van der Waals surface area contributed by atoms with Gasteiger partial charge in [0.25, 0.3) is 0 Å². The largest absolute Gasteiger partial charge is 0.381 e. The zero-order valence-corrected chi connectivity index (χ0v) is 23.6. The van der Waals surface area contributed by atoms with E-state index in [1.165, 1.54) is 75.3 Å². The standard InChI is InChI=1S/C33H49N3O2/c1-34-30-26-29-21-17-22-31-32(29)36(27-30)33(37)35(31)23-14-8-6-4-2-3-5-7-9-15-24-38-25-16-13-20-28-18-11-10-12-19-28/h10-12,17-19,21-22,30,34H,2-9,13-16,20,23-27H2,1H3/t30-/m1/s1. The third-order valence-corrected chi connectivity index (χ3v) is 8.17. The van der Waals surface area contributed by atoms with Crippen LogP contribution < -0.4 is 11.0 Å². The minimum Gasteiger partial charge on any atom is -0.381 e. The average Bonchev–Trinajstić information content (AvgIpc) is 3.22. The molecule has 0 unspecified atom stereocenters. The van der Waals surface area contributed by atoms with Gasteiger partial charge in [-0.3, -0.25) is 9.13 Å². The zero-order valence-electron chi connectivity index (χ0n) is 23.6. The van der Waals surface area contributed by atoms with Crippen molar-refractivity contribution in [2.24, 2.45) is 0 Å². The fourth-order valence-electron chi connectivity index (χ4n) is 5.91. The second-order valence-corrected chi connectivity index (χ2v) is 11.1. The second-order valence-electron chi connectivity index (χ2n) is 11.1. The number of unbranched alkanes of at least 4 members (excludes halogenated alkanes) is 10. The monoisotopic (exact) mass is 519 g/mol. The van der Waals surface area contributed by atoms with E-state index in [9.17, 15) is 4.79 Å². The summed E-state index contributed by atoms with van der Waals surface area (Å²) in [6, 6.07) is 17.5. The number of rotatable bonds is 19. The number of ether oxygens (including phenoxy) is 1. The van der Waals surface area contributed by atoms with Crippen molar-refractivity contribution in [1.82, 2.24) is 14.5 Å². The van der Waals surface area contributed by atoms with Crippen LogP contribution >= 0.6 is 0 Å². The maximum atomic E-state index is 13.1. The first-order valence-electron chi connectivity index (χ1n) is 15.3. The minimum atomic E-state index is 0.167. The molecule has 0 aliphatic carbocycles. The molecule has 1 aliphatic rings. The van der Waals surface area contributed by atoms with Crippen LogP contribution in [0.3, 0.4) is 0 Å². The van der Waals surface area contributed by atoms with Gasteiger partial charge in [0.15, 0.2) is 0 Å². The van der Waals surface area contributed by atoms with Gasteiger partial charge in [0.1, 0.15) is 0 Å². The van der Waals surface area contributed by atoms with E-state index in [0.29, 0.717) is 6.04 Å². The maximum Gasteiger partial charge on any atom is 0.329 e. The number of imidazole rings is 1. The molecule has 208 valence electrons. The molecule has 2 heterocycles. The third-order valence-electron chi connectivity index (χ3n) is 8.17. The number of para-hydroxylation sites is 1. The van der Waals surface area contributed by atoms with Crippen LogP contribution in [0.2, 0.25) is 0 Å². The SMILES string of the molecule is CN[C@@H]1Cc2cccc3c2n(c(=O)n3CCCCCCCCCCCCOCCCCc2ccccc2)C1. The van der Waals surface area contributed by atoms with Crippen molar-refractivity contribution in [3.8, 4) is 0 Å². The highest BCUT2D eigenvalue weighted by Crippen LogP contribution is 2.24. The number of aromatic nitrogens is 2. The molecule has 4 rings (SSSR count). The van der Waals surface area contributed by atoms with Crippen LogP contribution in [0.5, 0.6) is 0 Å². The molecule has 0 bridgehead atoms. The topological polar surface area (TPSA) is 48.2 Å². The van der Waals surface area contributed by atoms with Crippen molar-refractivity contribution in [2.75, 3.05) is 20.3 Å². The molecule has 0 fully saturated rings. The summed E-state index contributed by atoms with van der Waals surface area (Å²) in [5, 5.41) is 3.36. The summed E-state index contributed by atoms with van der Waals surface area (Å²) >= 11 is 0. The van der Waals surface area contributed by atoms with E-state index in [1.807, 2.05) is 16.2 Å². The maximum absolute atomic E-state index is 13.1. The van der Waals surface area contributed by atoms with Gasteiger partial charge in [0, 0.05) is 32.3 Å². The molecule has 1 aromatic heterocycles. The van der Waals surface area contributed by atoms with Crippen LogP contribution in [0.25, 0.3) is 11.0 Å². The summed E-state index contributed by atoms with van der Waals surface area (Å²) in [5.41, 5.74) is 5.18. The first kappa shape index (κ1) is 28.6. The lowest BCUT2D eigenvalue weighted by molar-refractivity contribution is 0.126. The van der Waals surface area contributed by atoms with Gasteiger partial charge in [-0.15, -0.1) is 0 Å². The van der Waals surface area contributed by atoms with Crippen molar-refractivity contribution < 1.29 is 4.74 Å². The van der Waals surface area contributed by atoms with E-state index >= 15 is 0 Å². The van der Waals surface area contributed by atoms with E-state index in [1.54, 1.807) is 0 Å². The Kier molecular flexibility index (Phi) is 12.0. The van der Waals surface area contributed by atoms with Crippen molar-refractivity contribution in [1.29, 1.82) is 0 Å². The normalized spacial score (nSPS) is 14.9. The van der Waals surface area contributed by atoms with E-state index in [4.69, 9.17) is 4.74 Å². The second kappa shape index (κ2) is 15.9. The first-order valence-corrected chi connectivity index (χ1v) is 15.3. The lowest BCUT2D eigenvalue weighted by Gasteiger charge is -2.22. The van der Waals surface area contributed by atoms with Gasteiger partial charge in [-0.05, 0) is 62.8 Å². The number of aryl methyl sites for hydroxylation is 2. The molecule has 5 nitrogen and oxygen atoms in total. The first-order chi connectivity index (χ1) is 18.8. The number of benzene rings is 2. The van der Waals surface area contributed by atoms with Gasteiger partial charge in [0.05, 0.1) is 11.0 Å². The molecular formula is C33H49N3O2. The van der Waals surface area contributed by atoms with Crippen LogP contribution in [0, 0.1) is 0 Å². The Balaban J connectivity index is 0.973.